The predicted molar refractivity (Wildman–Crippen MR) is 56.9 cm³/mol. The molecule has 15 heavy (non-hydrogen) atoms. The fourth-order valence-electron chi connectivity index (χ4n) is 1.21. The SMILES string of the molecule is Cc1c(C#CCBr)cccc1C(F)(F)F. The number of halogens is 4. The van der Waals surface area contributed by atoms with E-state index in [4.69, 9.17) is 0 Å². The van der Waals surface area contributed by atoms with E-state index >= 15 is 0 Å². The van der Waals surface area contributed by atoms with Gasteiger partial charge in [-0.3, -0.25) is 0 Å². The lowest BCUT2D eigenvalue weighted by atomic mass is 10.0. The van der Waals surface area contributed by atoms with Crippen molar-refractivity contribution in [3.8, 4) is 11.8 Å². The molecule has 0 fully saturated rings. The molecule has 0 aromatic heterocycles. The zero-order valence-corrected chi connectivity index (χ0v) is 9.54. The molecule has 0 saturated heterocycles. The van der Waals surface area contributed by atoms with Crippen molar-refractivity contribution >= 4 is 15.9 Å². The van der Waals surface area contributed by atoms with Crippen molar-refractivity contribution in [1.82, 2.24) is 0 Å². The quantitative estimate of drug-likeness (QED) is 0.500. The first-order chi connectivity index (χ1) is 6.96. The number of hydrogen-bond donors (Lipinski definition) is 0. The van der Waals surface area contributed by atoms with Crippen LogP contribution in [0.1, 0.15) is 16.7 Å². The molecule has 0 aliphatic rings. The summed E-state index contributed by atoms with van der Waals surface area (Å²) in [7, 11) is 0. The Labute approximate surface area is 94.6 Å². The average molecular weight is 277 g/mol. The summed E-state index contributed by atoms with van der Waals surface area (Å²) in [6, 6.07) is 4.02. The average Bonchev–Trinajstić information content (AvgIpc) is 2.14. The minimum Gasteiger partial charge on any atom is -0.166 e. The van der Waals surface area contributed by atoms with Gasteiger partial charge in [-0.05, 0) is 24.6 Å². The van der Waals surface area contributed by atoms with Gasteiger partial charge < -0.3 is 0 Å². The normalized spacial score (nSPS) is 10.7. The van der Waals surface area contributed by atoms with Crippen LogP contribution in [0.3, 0.4) is 0 Å². The molecular formula is C11H8BrF3. The molecule has 0 nitrogen and oxygen atoms in total. The molecule has 0 aliphatic carbocycles. The number of benzene rings is 1. The molecule has 80 valence electrons. The lowest BCUT2D eigenvalue weighted by Gasteiger charge is -2.10. The van der Waals surface area contributed by atoms with Crippen molar-refractivity contribution in [3.63, 3.8) is 0 Å². The monoisotopic (exact) mass is 276 g/mol. The Morgan fingerprint density at radius 2 is 2.00 bits per heavy atom. The van der Waals surface area contributed by atoms with Gasteiger partial charge >= 0.3 is 6.18 Å². The largest absolute Gasteiger partial charge is 0.416 e. The van der Waals surface area contributed by atoms with E-state index in [0.717, 1.165) is 6.07 Å². The van der Waals surface area contributed by atoms with E-state index < -0.39 is 11.7 Å². The minimum atomic E-state index is -4.31. The summed E-state index contributed by atoms with van der Waals surface area (Å²) >= 11 is 3.09. The zero-order valence-electron chi connectivity index (χ0n) is 7.95. The molecule has 1 rings (SSSR count). The van der Waals surface area contributed by atoms with Crippen LogP contribution in [0, 0.1) is 18.8 Å². The minimum absolute atomic E-state index is 0.179. The Bertz CT molecular complexity index is 410. The summed E-state index contributed by atoms with van der Waals surface area (Å²) in [5.41, 5.74) is -0.0217. The number of hydrogen-bond acceptors (Lipinski definition) is 0. The first kappa shape index (κ1) is 12.1. The molecule has 0 spiro atoms. The van der Waals surface area contributed by atoms with E-state index in [2.05, 4.69) is 27.8 Å². The van der Waals surface area contributed by atoms with Crippen LogP contribution in [-0.4, -0.2) is 5.33 Å². The Kier molecular flexibility index (Phi) is 3.81. The van der Waals surface area contributed by atoms with Crippen molar-refractivity contribution in [1.29, 1.82) is 0 Å². The van der Waals surface area contributed by atoms with Crippen LogP contribution in [-0.2, 0) is 6.18 Å². The second kappa shape index (κ2) is 4.71. The Morgan fingerprint density at radius 3 is 2.53 bits per heavy atom. The van der Waals surface area contributed by atoms with Gasteiger partial charge in [-0.15, -0.1) is 0 Å². The molecule has 1 aromatic carbocycles. The van der Waals surface area contributed by atoms with Crippen LogP contribution in [0.25, 0.3) is 0 Å². The predicted octanol–water partition coefficient (Wildman–Crippen LogP) is 3.76. The molecule has 0 amide bonds. The lowest BCUT2D eigenvalue weighted by molar-refractivity contribution is -0.138. The van der Waals surface area contributed by atoms with E-state index in [1.807, 2.05) is 0 Å². The molecule has 1 aromatic rings. The van der Waals surface area contributed by atoms with Crippen LogP contribution in [0.4, 0.5) is 13.2 Å². The molecule has 0 unspecified atom stereocenters. The van der Waals surface area contributed by atoms with Crippen LogP contribution in [0.15, 0.2) is 18.2 Å². The van der Waals surface area contributed by atoms with Gasteiger partial charge in [-0.1, -0.05) is 33.8 Å². The summed E-state index contributed by atoms with van der Waals surface area (Å²) < 4.78 is 37.5. The third-order valence-electron chi connectivity index (χ3n) is 1.93. The third-order valence-corrected chi connectivity index (χ3v) is 2.21. The van der Waals surface area contributed by atoms with Crippen LogP contribution in [0.5, 0.6) is 0 Å². The van der Waals surface area contributed by atoms with Crippen LogP contribution in [0.2, 0.25) is 0 Å². The maximum Gasteiger partial charge on any atom is 0.416 e. The summed E-state index contributed by atoms with van der Waals surface area (Å²) in [6.07, 6.45) is -4.31. The maximum atomic E-state index is 12.5. The molecule has 0 atom stereocenters. The Hall–Kier alpha value is -0.950. The second-order valence-electron chi connectivity index (χ2n) is 2.91. The van der Waals surface area contributed by atoms with E-state index in [9.17, 15) is 13.2 Å². The highest BCUT2D eigenvalue weighted by atomic mass is 79.9. The van der Waals surface area contributed by atoms with Crippen molar-refractivity contribution in [2.45, 2.75) is 13.1 Å². The van der Waals surface area contributed by atoms with Crippen LogP contribution < -0.4 is 0 Å². The summed E-state index contributed by atoms with van der Waals surface area (Å²) in [6.45, 7) is 1.43. The highest BCUT2D eigenvalue weighted by Crippen LogP contribution is 2.32. The van der Waals surface area contributed by atoms with Crippen molar-refractivity contribution < 1.29 is 13.2 Å². The fraction of sp³-hybridized carbons (Fsp3) is 0.273. The maximum absolute atomic E-state index is 12.5. The topological polar surface area (TPSA) is 0 Å². The molecule has 0 aliphatic heterocycles. The van der Waals surface area contributed by atoms with Gasteiger partial charge in [0.15, 0.2) is 0 Å². The van der Waals surface area contributed by atoms with Gasteiger partial charge in [-0.2, -0.15) is 13.2 Å². The molecular weight excluding hydrogens is 269 g/mol. The Balaban J connectivity index is 3.23. The zero-order chi connectivity index (χ0) is 11.5. The van der Waals surface area contributed by atoms with E-state index in [1.54, 1.807) is 6.07 Å². The number of rotatable bonds is 0. The summed E-state index contributed by atoms with van der Waals surface area (Å²) in [4.78, 5) is 0. The van der Waals surface area contributed by atoms with Gasteiger partial charge in [0.25, 0.3) is 0 Å². The summed E-state index contributed by atoms with van der Waals surface area (Å²) in [5, 5.41) is 0.447. The molecule has 0 radical (unpaired) electrons. The lowest BCUT2D eigenvalue weighted by Crippen LogP contribution is -2.08. The molecule has 0 saturated carbocycles. The highest BCUT2D eigenvalue weighted by molar-refractivity contribution is 9.09. The van der Waals surface area contributed by atoms with Gasteiger partial charge in [0, 0.05) is 5.56 Å². The highest BCUT2D eigenvalue weighted by Gasteiger charge is 2.32. The van der Waals surface area contributed by atoms with Gasteiger partial charge in [-0.25, -0.2) is 0 Å². The summed E-state index contributed by atoms with van der Waals surface area (Å²) in [5.74, 6) is 5.36. The molecule has 0 bridgehead atoms. The van der Waals surface area contributed by atoms with Gasteiger partial charge in [0.2, 0.25) is 0 Å². The second-order valence-corrected chi connectivity index (χ2v) is 3.47. The molecule has 0 heterocycles. The van der Waals surface area contributed by atoms with E-state index in [-0.39, 0.29) is 5.56 Å². The third kappa shape index (κ3) is 3.00. The Morgan fingerprint density at radius 1 is 1.33 bits per heavy atom. The molecule has 0 N–H and O–H groups in total. The van der Waals surface area contributed by atoms with Gasteiger partial charge in [0.1, 0.15) is 0 Å². The van der Waals surface area contributed by atoms with E-state index in [1.165, 1.54) is 13.0 Å². The van der Waals surface area contributed by atoms with Crippen molar-refractivity contribution in [3.05, 3.63) is 34.9 Å². The first-order valence-electron chi connectivity index (χ1n) is 4.18. The van der Waals surface area contributed by atoms with Crippen LogP contribution >= 0.6 is 15.9 Å². The standard InChI is InChI=1S/C11H8BrF3/c1-8-9(5-3-7-12)4-2-6-10(8)11(13,14)15/h2,4,6H,7H2,1H3. The van der Waals surface area contributed by atoms with Crippen molar-refractivity contribution in [2.24, 2.45) is 0 Å². The molecule has 4 heteroatoms. The fourth-order valence-corrected chi connectivity index (χ4v) is 1.35. The smallest absolute Gasteiger partial charge is 0.166 e. The number of alkyl halides is 4. The van der Waals surface area contributed by atoms with Gasteiger partial charge in [0.05, 0.1) is 10.9 Å². The van der Waals surface area contributed by atoms with Crippen molar-refractivity contribution in [2.75, 3.05) is 5.33 Å². The van der Waals surface area contributed by atoms with E-state index in [0.29, 0.717) is 10.9 Å². The first-order valence-corrected chi connectivity index (χ1v) is 5.30.